The zero-order valence-electron chi connectivity index (χ0n) is 16.5. The number of hydrogen-bond acceptors (Lipinski definition) is 4. The Morgan fingerprint density at radius 2 is 1.41 bits per heavy atom. The highest BCUT2D eigenvalue weighted by Gasteiger charge is 2.41. The van der Waals surface area contributed by atoms with Crippen molar-refractivity contribution in [2.45, 2.75) is 19.0 Å². The molecular formula is C22H22N4O3. The van der Waals surface area contributed by atoms with Crippen LogP contribution in [-0.4, -0.2) is 15.0 Å². The molecule has 0 aliphatic carbocycles. The lowest BCUT2D eigenvalue weighted by Gasteiger charge is -2.43. The summed E-state index contributed by atoms with van der Waals surface area (Å²) in [6.45, 7) is 1.44. The Morgan fingerprint density at radius 3 is 1.97 bits per heavy atom. The average Bonchev–Trinajstić information content (AvgIpc) is 2.75. The Morgan fingerprint density at radius 1 is 0.862 bits per heavy atom. The fourth-order valence-corrected chi connectivity index (χ4v) is 3.99. The van der Waals surface area contributed by atoms with Crippen LogP contribution in [0.1, 0.15) is 30.1 Å². The minimum atomic E-state index is -0.502. The van der Waals surface area contributed by atoms with Crippen LogP contribution in [0.25, 0.3) is 0 Å². The zero-order chi connectivity index (χ0) is 20.7. The molecule has 1 aromatic heterocycles. The van der Waals surface area contributed by atoms with Gasteiger partial charge in [-0.2, -0.15) is 0 Å². The highest BCUT2D eigenvalue weighted by molar-refractivity contribution is 5.96. The van der Waals surface area contributed by atoms with E-state index in [0.29, 0.717) is 5.82 Å². The summed E-state index contributed by atoms with van der Waals surface area (Å²) >= 11 is 0. The third kappa shape index (κ3) is 2.95. The van der Waals surface area contributed by atoms with Gasteiger partial charge < -0.3 is 5.32 Å². The second-order valence-corrected chi connectivity index (χ2v) is 7.18. The van der Waals surface area contributed by atoms with E-state index in [0.717, 1.165) is 15.7 Å². The summed E-state index contributed by atoms with van der Waals surface area (Å²) < 4.78 is 2.41. The average molecular weight is 390 g/mol. The molecule has 0 spiro atoms. The molecule has 1 amide bonds. The molecule has 7 heteroatoms. The number of hydrogen-bond donors (Lipinski definition) is 1. The third-order valence-electron chi connectivity index (χ3n) is 5.41. The maximum absolute atomic E-state index is 13.0. The van der Waals surface area contributed by atoms with Crippen molar-refractivity contribution in [1.29, 1.82) is 0 Å². The third-order valence-corrected chi connectivity index (χ3v) is 5.41. The maximum Gasteiger partial charge on any atom is 0.332 e. The van der Waals surface area contributed by atoms with Gasteiger partial charge in [0.1, 0.15) is 5.82 Å². The van der Waals surface area contributed by atoms with Crippen LogP contribution in [-0.2, 0) is 18.9 Å². The van der Waals surface area contributed by atoms with Crippen molar-refractivity contribution in [1.82, 2.24) is 9.13 Å². The largest absolute Gasteiger partial charge is 0.360 e. The number of carbonyl (C=O) groups is 1. The van der Waals surface area contributed by atoms with Gasteiger partial charge in [0.25, 0.3) is 5.56 Å². The number of nitrogens with zero attached hydrogens (tertiary/aromatic N) is 3. The van der Waals surface area contributed by atoms with Crippen LogP contribution in [0.4, 0.5) is 11.5 Å². The highest BCUT2D eigenvalue weighted by Crippen LogP contribution is 2.44. The first-order valence-electron chi connectivity index (χ1n) is 9.38. The number of fused-ring (bicyclic) bond motifs is 1. The highest BCUT2D eigenvalue weighted by atomic mass is 16.2. The van der Waals surface area contributed by atoms with Crippen LogP contribution < -0.4 is 21.5 Å². The topological polar surface area (TPSA) is 76.3 Å². The van der Waals surface area contributed by atoms with Gasteiger partial charge in [-0.3, -0.25) is 23.6 Å². The minimum absolute atomic E-state index is 0.183. The normalized spacial score (nSPS) is 18.1. The molecule has 0 fully saturated rings. The number of anilines is 2. The molecule has 148 valence electrons. The first kappa shape index (κ1) is 18.7. The van der Waals surface area contributed by atoms with E-state index in [9.17, 15) is 14.4 Å². The van der Waals surface area contributed by atoms with Crippen molar-refractivity contribution >= 4 is 17.4 Å². The summed E-state index contributed by atoms with van der Waals surface area (Å²) in [6.07, 6.45) is 0. The summed E-state index contributed by atoms with van der Waals surface area (Å²) in [5.74, 6) is 0.0765. The molecule has 1 N–H and O–H groups in total. The minimum Gasteiger partial charge on any atom is -0.360 e. The van der Waals surface area contributed by atoms with E-state index < -0.39 is 17.3 Å². The van der Waals surface area contributed by atoms with Crippen molar-refractivity contribution < 1.29 is 4.79 Å². The van der Waals surface area contributed by atoms with Gasteiger partial charge in [0, 0.05) is 21.0 Å². The summed E-state index contributed by atoms with van der Waals surface area (Å²) in [5, 5.41) is 3.38. The molecule has 2 aromatic carbocycles. The molecule has 0 saturated heterocycles. The first-order valence-corrected chi connectivity index (χ1v) is 9.38. The second-order valence-electron chi connectivity index (χ2n) is 7.18. The van der Waals surface area contributed by atoms with E-state index in [-0.39, 0.29) is 17.6 Å². The summed E-state index contributed by atoms with van der Waals surface area (Å²) in [7, 11) is 3.01. The van der Waals surface area contributed by atoms with Crippen LogP contribution in [0, 0.1) is 0 Å². The molecule has 0 saturated carbocycles. The lowest BCUT2D eigenvalue weighted by molar-refractivity contribution is -0.117. The van der Waals surface area contributed by atoms with Crippen molar-refractivity contribution in [3.8, 4) is 0 Å². The van der Waals surface area contributed by atoms with E-state index in [4.69, 9.17) is 0 Å². The summed E-state index contributed by atoms with van der Waals surface area (Å²) in [4.78, 5) is 39.9. The van der Waals surface area contributed by atoms with Crippen molar-refractivity contribution in [2.75, 3.05) is 10.2 Å². The number of carbonyl (C=O) groups excluding carboxylic acids is 1. The molecule has 1 aliphatic rings. The Balaban J connectivity index is 2.06. The van der Waals surface area contributed by atoms with Gasteiger partial charge >= 0.3 is 5.69 Å². The van der Waals surface area contributed by atoms with Crippen molar-refractivity contribution in [3.05, 3.63) is 92.6 Å². The molecule has 2 atom stereocenters. The zero-order valence-corrected chi connectivity index (χ0v) is 16.5. The Bertz CT molecular complexity index is 1180. The lowest BCUT2D eigenvalue weighted by atomic mass is 9.89. The predicted molar refractivity (Wildman–Crippen MR) is 112 cm³/mol. The molecule has 2 unspecified atom stereocenters. The van der Waals surface area contributed by atoms with Crippen molar-refractivity contribution in [2.24, 2.45) is 14.1 Å². The monoisotopic (exact) mass is 390 g/mol. The standard InChI is InChI=1S/C22H22N4O3/c1-14(27)26-18(16-12-8-5-9-13-16)17(15-10-6-4-7-11-15)23-20-19(26)21(28)25(3)22(29)24(20)2/h4-13,17-18,23H,1-3H3. The molecule has 2 heterocycles. The van der Waals surface area contributed by atoms with Gasteiger partial charge in [0.15, 0.2) is 5.69 Å². The van der Waals surface area contributed by atoms with E-state index in [1.165, 1.54) is 23.4 Å². The molecule has 3 aromatic rings. The number of rotatable bonds is 2. The number of amides is 1. The Labute approximate surface area is 167 Å². The molecule has 0 radical (unpaired) electrons. The van der Waals surface area contributed by atoms with Crippen LogP contribution in [0.5, 0.6) is 0 Å². The van der Waals surface area contributed by atoms with Gasteiger partial charge in [-0.25, -0.2) is 4.79 Å². The predicted octanol–water partition coefficient (Wildman–Crippen LogP) is 2.34. The van der Waals surface area contributed by atoms with Crippen LogP contribution >= 0.6 is 0 Å². The fourth-order valence-electron chi connectivity index (χ4n) is 3.99. The lowest BCUT2D eigenvalue weighted by Crippen LogP contribution is -2.50. The maximum atomic E-state index is 13.0. The molecule has 29 heavy (non-hydrogen) atoms. The van der Waals surface area contributed by atoms with Gasteiger partial charge in [0.2, 0.25) is 5.91 Å². The summed E-state index contributed by atoms with van der Waals surface area (Å²) in [6, 6.07) is 18.5. The quantitative estimate of drug-likeness (QED) is 0.729. The van der Waals surface area contributed by atoms with E-state index in [2.05, 4.69) is 5.32 Å². The molecule has 0 bridgehead atoms. The van der Waals surface area contributed by atoms with Crippen LogP contribution in [0.15, 0.2) is 70.3 Å². The molecule has 1 aliphatic heterocycles. The number of nitrogens with one attached hydrogen (secondary N) is 1. The van der Waals surface area contributed by atoms with Crippen LogP contribution in [0.3, 0.4) is 0 Å². The number of benzene rings is 2. The Hall–Kier alpha value is -3.61. The van der Waals surface area contributed by atoms with E-state index >= 15 is 0 Å². The Kier molecular flexibility index (Phi) is 4.58. The van der Waals surface area contributed by atoms with E-state index in [1.54, 1.807) is 7.05 Å². The summed E-state index contributed by atoms with van der Waals surface area (Å²) in [5.41, 5.74) is 1.08. The molecule has 7 nitrogen and oxygen atoms in total. The van der Waals surface area contributed by atoms with E-state index in [1.807, 2.05) is 60.7 Å². The fraction of sp³-hybridized carbons (Fsp3) is 0.227. The van der Waals surface area contributed by atoms with Gasteiger partial charge in [-0.05, 0) is 11.1 Å². The van der Waals surface area contributed by atoms with Crippen LogP contribution in [0.2, 0.25) is 0 Å². The number of aromatic nitrogens is 2. The van der Waals surface area contributed by atoms with Gasteiger partial charge in [0.05, 0.1) is 12.1 Å². The smallest absolute Gasteiger partial charge is 0.332 e. The first-order chi connectivity index (χ1) is 13.9. The molecular weight excluding hydrogens is 368 g/mol. The van der Waals surface area contributed by atoms with Gasteiger partial charge in [-0.1, -0.05) is 60.7 Å². The molecule has 4 rings (SSSR count). The van der Waals surface area contributed by atoms with Crippen molar-refractivity contribution in [3.63, 3.8) is 0 Å². The SMILES string of the molecule is CC(=O)N1c2c(n(C)c(=O)n(C)c2=O)NC(c2ccccc2)C1c1ccccc1. The second kappa shape index (κ2) is 7.09. The van der Waals surface area contributed by atoms with Gasteiger partial charge in [-0.15, -0.1) is 0 Å².